The zero-order chi connectivity index (χ0) is 13.0. The highest BCUT2D eigenvalue weighted by atomic mass is 127. The third-order valence-corrected chi connectivity index (χ3v) is 4.63. The number of rotatable bonds is 4. The molecule has 1 aliphatic heterocycles. The minimum atomic E-state index is -0.892. The van der Waals surface area contributed by atoms with E-state index in [4.69, 9.17) is 0 Å². The van der Waals surface area contributed by atoms with Crippen LogP contribution < -0.4 is 0 Å². The van der Waals surface area contributed by atoms with E-state index in [1.807, 2.05) is 12.1 Å². The summed E-state index contributed by atoms with van der Waals surface area (Å²) < 4.78 is 12.7. The van der Waals surface area contributed by atoms with Crippen LogP contribution in [0.1, 0.15) is 12.0 Å². The molecule has 0 aliphatic carbocycles. The van der Waals surface area contributed by atoms with Crippen LogP contribution in [0.25, 0.3) is 5.57 Å². The van der Waals surface area contributed by atoms with E-state index in [0.29, 0.717) is 0 Å². The summed E-state index contributed by atoms with van der Waals surface area (Å²) in [6, 6.07) is 8.13. The standard InChI is InChI=1S/C14H18INOS/c1-18(17)14-4-2-3-13(11-14)12-5-8-16(9-6-12)10-7-15/h2-5,11H,6-10H2,1H3. The van der Waals surface area contributed by atoms with Gasteiger partial charge in [-0.05, 0) is 34.8 Å². The highest BCUT2D eigenvalue weighted by Crippen LogP contribution is 2.24. The van der Waals surface area contributed by atoms with E-state index in [2.05, 4.69) is 45.7 Å². The molecule has 98 valence electrons. The topological polar surface area (TPSA) is 26.3 Å². The first-order valence-corrected chi connectivity index (χ1v) is 9.20. The Morgan fingerprint density at radius 2 is 2.28 bits per heavy atom. The Morgan fingerprint density at radius 1 is 1.44 bits per heavy atom. The van der Waals surface area contributed by atoms with E-state index in [-0.39, 0.29) is 0 Å². The van der Waals surface area contributed by atoms with E-state index in [9.17, 15) is 4.55 Å². The van der Waals surface area contributed by atoms with E-state index < -0.39 is 11.2 Å². The number of alkyl halides is 1. The lowest BCUT2D eigenvalue weighted by Gasteiger charge is -2.25. The van der Waals surface area contributed by atoms with Crippen molar-refractivity contribution in [3.05, 3.63) is 35.9 Å². The fraction of sp³-hybridized carbons (Fsp3) is 0.429. The molecule has 1 unspecified atom stereocenters. The van der Waals surface area contributed by atoms with Gasteiger partial charge >= 0.3 is 0 Å². The van der Waals surface area contributed by atoms with Crippen LogP contribution in [0.4, 0.5) is 0 Å². The maximum Gasteiger partial charge on any atom is 0.153 e. The average molecular weight is 375 g/mol. The molecular formula is C14H18INOS. The van der Waals surface area contributed by atoms with Crippen molar-refractivity contribution in [2.45, 2.75) is 11.3 Å². The second-order valence-electron chi connectivity index (χ2n) is 4.45. The zero-order valence-corrected chi connectivity index (χ0v) is 13.5. The Kier molecular flexibility index (Phi) is 5.54. The Hall–Kier alpha value is -0.0400. The highest BCUT2D eigenvalue weighted by Gasteiger charge is 2.13. The van der Waals surface area contributed by atoms with Crippen molar-refractivity contribution >= 4 is 39.3 Å². The monoisotopic (exact) mass is 375 g/mol. The molecule has 1 heterocycles. The third kappa shape index (κ3) is 3.73. The fourth-order valence-corrected chi connectivity index (χ4v) is 3.42. The first-order valence-electron chi connectivity index (χ1n) is 6.12. The second kappa shape index (κ2) is 6.93. The van der Waals surface area contributed by atoms with Crippen LogP contribution in [0, 0.1) is 0 Å². The van der Waals surface area contributed by atoms with Crippen LogP contribution in [0.15, 0.2) is 35.2 Å². The number of hydrogen-bond acceptors (Lipinski definition) is 2. The van der Waals surface area contributed by atoms with Gasteiger partial charge in [0.1, 0.15) is 6.26 Å². The van der Waals surface area contributed by atoms with Crippen molar-refractivity contribution in [1.82, 2.24) is 4.90 Å². The first-order chi connectivity index (χ1) is 8.70. The lowest BCUT2D eigenvalue weighted by molar-refractivity contribution is 0.323. The quantitative estimate of drug-likeness (QED) is 0.460. The first kappa shape index (κ1) is 14.4. The van der Waals surface area contributed by atoms with E-state index in [0.717, 1.165) is 24.4 Å². The summed E-state index contributed by atoms with van der Waals surface area (Å²) in [5.41, 5.74) is 2.63. The number of benzene rings is 1. The second-order valence-corrected chi connectivity index (χ2v) is 6.91. The van der Waals surface area contributed by atoms with Gasteiger partial charge in [0, 0.05) is 30.1 Å². The van der Waals surface area contributed by atoms with E-state index in [1.54, 1.807) is 6.26 Å². The van der Waals surface area contributed by atoms with Gasteiger partial charge in [-0.15, -0.1) is 0 Å². The summed E-state index contributed by atoms with van der Waals surface area (Å²) in [6.45, 7) is 3.34. The lowest BCUT2D eigenvalue weighted by Crippen LogP contribution is -2.30. The van der Waals surface area contributed by atoms with Gasteiger partial charge in [-0.3, -0.25) is 4.90 Å². The van der Waals surface area contributed by atoms with Crippen LogP contribution in [0.2, 0.25) is 0 Å². The SMILES string of the molecule is C[S+]([O-])c1cccc(C2=CCN(CCI)CC2)c1. The molecule has 1 aromatic rings. The van der Waals surface area contributed by atoms with Crippen molar-refractivity contribution in [3.8, 4) is 0 Å². The normalized spacial score (nSPS) is 18.5. The van der Waals surface area contributed by atoms with Crippen LogP contribution in [0.5, 0.6) is 0 Å². The van der Waals surface area contributed by atoms with Crippen LogP contribution >= 0.6 is 22.6 Å². The molecule has 2 nitrogen and oxygen atoms in total. The molecule has 0 amide bonds. The van der Waals surface area contributed by atoms with Gasteiger partial charge in [-0.2, -0.15) is 0 Å². The summed E-state index contributed by atoms with van der Waals surface area (Å²) >= 11 is 1.53. The maximum atomic E-state index is 11.5. The van der Waals surface area contributed by atoms with Crippen molar-refractivity contribution in [3.63, 3.8) is 0 Å². The van der Waals surface area contributed by atoms with Gasteiger partial charge in [0.2, 0.25) is 0 Å². The smallest absolute Gasteiger partial charge is 0.153 e. The molecular weight excluding hydrogens is 357 g/mol. The largest absolute Gasteiger partial charge is 0.612 e. The van der Waals surface area contributed by atoms with Gasteiger partial charge in [0.25, 0.3) is 0 Å². The van der Waals surface area contributed by atoms with Crippen molar-refractivity contribution in [2.24, 2.45) is 0 Å². The average Bonchev–Trinajstić information content (AvgIpc) is 2.40. The highest BCUT2D eigenvalue weighted by molar-refractivity contribution is 14.1. The zero-order valence-electron chi connectivity index (χ0n) is 10.6. The minimum Gasteiger partial charge on any atom is -0.612 e. The third-order valence-electron chi connectivity index (χ3n) is 3.23. The summed E-state index contributed by atoms with van der Waals surface area (Å²) in [7, 11) is 0. The van der Waals surface area contributed by atoms with Gasteiger partial charge in [-0.25, -0.2) is 0 Å². The van der Waals surface area contributed by atoms with Crippen LogP contribution in [-0.4, -0.2) is 39.8 Å². The molecule has 1 aliphatic rings. The predicted octanol–water partition coefficient (Wildman–Crippen LogP) is 2.95. The molecule has 18 heavy (non-hydrogen) atoms. The van der Waals surface area contributed by atoms with Crippen molar-refractivity contribution < 1.29 is 4.55 Å². The Labute approximate surface area is 126 Å². The molecule has 4 heteroatoms. The molecule has 0 radical (unpaired) electrons. The Balaban J connectivity index is 2.10. The molecule has 0 fully saturated rings. The van der Waals surface area contributed by atoms with Crippen LogP contribution in [0.3, 0.4) is 0 Å². The number of nitrogens with zero attached hydrogens (tertiary/aromatic N) is 1. The summed E-state index contributed by atoms with van der Waals surface area (Å²) in [5.74, 6) is 0. The van der Waals surface area contributed by atoms with Crippen molar-refractivity contribution in [1.29, 1.82) is 0 Å². The molecule has 2 rings (SSSR count). The minimum absolute atomic E-state index is 0.892. The Bertz CT molecular complexity index is 434. The van der Waals surface area contributed by atoms with Crippen molar-refractivity contribution in [2.75, 3.05) is 30.3 Å². The van der Waals surface area contributed by atoms with Gasteiger partial charge < -0.3 is 4.55 Å². The maximum absolute atomic E-state index is 11.5. The lowest BCUT2D eigenvalue weighted by atomic mass is 10.00. The van der Waals surface area contributed by atoms with Gasteiger partial charge in [-0.1, -0.05) is 40.8 Å². The molecule has 0 saturated carbocycles. The summed E-state index contributed by atoms with van der Waals surface area (Å²) in [6.07, 6.45) is 5.14. The number of halogens is 1. The molecule has 0 saturated heterocycles. The molecule has 0 bridgehead atoms. The predicted molar refractivity (Wildman–Crippen MR) is 86.7 cm³/mol. The van der Waals surface area contributed by atoms with Gasteiger partial charge in [0.05, 0.1) is 0 Å². The fourth-order valence-electron chi connectivity index (χ4n) is 2.17. The molecule has 0 spiro atoms. The Morgan fingerprint density at radius 3 is 2.89 bits per heavy atom. The van der Waals surface area contributed by atoms with Crippen LogP contribution in [-0.2, 0) is 11.2 Å². The summed E-state index contributed by atoms with van der Waals surface area (Å²) in [4.78, 5) is 3.39. The molecule has 0 aromatic heterocycles. The van der Waals surface area contributed by atoms with E-state index in [1.165, 1.54) is 22.1 Å². The molecule has 1 aromatic carbocycles. The summed E-state index contributed by atoms with van der Waals surface area (Å²) in [5, 5.41) is 0. The number of hydrogen-bond donors (Lipinski definition) is 0. The van der Waals surface area contributed by atoms with E-state index >= 15 is 0 Å². The molecule has 0 N–H and O–H groups in total. The van der Waals surface area contributed by atoms with Gasteiger partial charge in [0.15, 0.2) is 4.90 Å². The molecule has 1 atom stereocenters.